The van der Waals surface area contributed by atoms with Crippen LogP contribution in [0.15, 0.2) is 30.5 Å². The Morgan fingerprint density at radius 1 is 1.39 bits per heavy atom. The maximum atomic E-state index is 11.9. The third-order valence-corrected chi connectivity index (χ3v) is 3.40. The lowest BCUT2D eigenvalue weighted by atomic mass is 10.1. The van der Waals surface area contributed by atoms with Crippen molar-refractivity contribution in [2.75, 3.05) is 27.2 Å². The van der Waals surface area contributed by atoms with Crippen molar-refractivity contribution in [3.63, 3.8) is 0 Å². The first-order valence-corrected chi connectivity index (χ1v) is 6.96. The van der Waals surface area contributed by atoms with Crippen LogP contribution in [0.5, 0.6) is 0 Å². The van der Waals surface area contributed by atoms with Crippen LogP contribution in [0, 0.1) is 0 Å². The van der Waals surface area contributed by atoms with Crippen LogP contribution >= 0.6 is 24.8 Å². The fourth-order valence-corrected chi connectivity index (χ4v) is 2.24. The van der Waals surface area contributed by atoms with Crippen LogP contribution in [0.25, 0.3) is 10.9 Å². The SMILES string of the molecule is Cl.Cl.[2H]Cn1cc(C[C@H](N)C(=O)OCCN(C)C)c2ccccc21. The molecule has 5 nitrogen and oxygen atoms in total. The topological polar surface area (TPSA) is 60.5 Å². The van der Waals surface area contributed by atoms with E-state index in [2.05, 4.69) is 0 Å². The third kappa shape index (κ3) is 5.70. The molecule has 0 aliphatic rings. The Balaban J connectivity index is 0.00000264. The second kappa shape index (κ2) is 9.78. The van der Waals surface area contributed by atoms with E-state index in [9.17, 15) is 4.79 Å². The van der Waals surface area contributed by atoms with Gasteiger partial charge in [-0.1, -0.05) is 18.2 Å². The van der Waals surface area contributed by atoms with E-state index < -0.39 is 6.04 Å². The summed E-state index contributed by atoms with van der Waals surface area (Å²) in [6.07, 6.45) is 2.30. The Kier molecular flexibility index (Phi) is 8.41. The maximum Gasteiger partial charge on any atom is 0.323 e. The van der Waals surface area contributed by atoms with E-state index in [0.717, 1.165) is 16.5 Å². The second-order valence-electron chi connectivity index (χ2n) is 5.42. The Hall–Kier alpha value is -1.27. The van der Waals surface area contributed by atoms with Gasteiger partial charge in [-0.05, 0) is 25.7 Å². The first-order chi connectivity index (χ1) is 10.5. The number of carbonyl (C=O) groups is 1. The lowest BCUT2D eigenvalue weighted by molar-refractivity contribution is -0.145. The molecule has 1 heterocycles. The summed E-state index contributed by atoms with van der Waals surface area (Å²) >= 11 is 0. The number of aromatic nitrogens is 1. The van der Waals surface area contributed by atoms with Gasteiger partial charge in [0.1, 0.15) is 12.6 Å². The number of benzene rings is 1. The van der Waals surface area contributed by atoms with E-state index in [4.69, 9.17) is 11.8 Å². The number of para-hydroxylation sites is 1. The van der Waals surface area contributed by atoms with Crippen LogP contribution < -0.4 is 5.73 Å². The highest BCUT2D eigenvalue weighted by Crippen LogP contribution is 2.21. The lowest BCUT2D eigenvalue weighted by Crippen LogP contribution is -2.35. The van der Waals surface area contributed by atoms with Gasteiger partial charge in [0.15, 0.2) is 0 Å². The Morgan fingerprint density at radius 2 is 2.09 bits per heavy atom. The largest absolute Gasteiger partial charge is 0.463 e. The molecule has 0 aliphatic carbocycles. The molecule has 7 heteroatoms. The zero-order valence-electron chi connectivity index (χ0n) is 14.4. The smallest absolute Gasteiger partial charge is 0.323 e. The molecule has 1 aromatic heterocycles. The Morgan fingerprint density at radius 3 is 2.74 bits per heavy atom. The van der Waals surface area contributed by atoms with Crippen molar-refractivity contribution in [3.05, 3.63) is 36.0 Å². The van der Waals surface area contributed by atoms with E-state index in [1.54, 1.807) is 0 Å². The van der Waals surface area contributed by atoms with Gasteiger partial charge < -0.3 is 19.9 Å². The van der Waals surface area contributed by atoms with Crippen molar-refractivity contribution in [2.24, 2.45) is 12.8 Å². The van der Waals surface area contributed by atoms with Gasteiger partial charge in [0.05, 0.1) is 0 Å². The molecule has 1 aromatic carbocycles. The van der Waals surface area contributed by atoms with Crippen LogP contribution in [0.3, 0.4) is 0 Å². The molecule has 0 unspecified atom stereocenters. The van der Waals surface area contributed by atoms with Crippen molar-refractivity contribution >= 4 is 41.7 Å². The van der Waals surface area contributed by atoms with Crippen LogP contribution in [-0.4, -0.2) is 48.7 Å². The number of esters is 1. The number of hydrogen-bond acceptors (Lipinski definition) is 4. The second-order valence-corrected chi connectivity index (χ2v) is 5.42. The molecule has 0 saturated carbocycles. The fourth-order valence-electron chi connectivity index (χ4n) is 2.24. The van der Waals surface area contributed by atoms with E-state index in [1.807, 2.05) is 54.0 Å². The number of carbonyl (C=O) groups excluding carboxylic acids is 1. The Labute approximate surface area is 151 Å². The van der Waals surface area contributed by atoms with Crippen LogP contribution in [0.1, 0.15) is 6.93 Å². The van der Waals surface area contributed by atoms with Gasteiger partial charge in [-0.25, -0.2) is 0 Å². The minimum atomic E-state index is -0.688. The van der Waals surface area contributed by atoms with Crippen molar-refractivity contribution in [3.8, 4) is 0 Å². The molecule has 2 aromatic rings. The predicted molar refractivity (Wildman–Crippen MR) is 98.6 cm³/mol. The average molecular weight is 363 g/mol. The molecule has 2 N–H and O–H groups in total. The molecule has 2 rings (SSSR count). The van der Waals surface area contributed by atoms with Crippen molar-refractivity contribution in [1.82, 2.24) is 9.47 Å². The molecule has 0 saturated heterocycles. The predicted octanol–water partition coefficient (Wildman–Crippen LogP) is 2.00. The van der Waals surface area contributed by atoms with E-state index in [1.165, 1.54) is 0 Å². The summed E-state index contributed by atoms with van der Waals surface area (Å²) in [5.74, 6) is -0.385. The summed E-state index contributed by atoms with van der Waals surface area (Å²) in [5, 5.41) is 1.03. The molecular weight excluding hydrogens is 337 g/mol. The number of halogens is 2. The summed E-state index contributed by atoms with van der Waals surface area (Å²) in [6, 6.07) is 7.15. The molecule has 0 bridgehead atoms. The third-order valence-electron chi connectivity index (χ3n) is 3.40. The van der Waals surface area contributed by atoms with Gasteiger partial charge in [-0.2, -0.15) is 0 Å². The van der Waals surface area contributed by atoms with Gasteiger partial charge in [-0.3, -0.25) is 4.79 Å². The van der Waals surface area contributed by atoms with Crippen molar-refractivity contribution < 1.29 is 10.9 Å². The minimum absolute atomic E-state index is 0. The highest BCUT2D eigenvalue weighted by atomic mass is 35.5. The number of nitrogens with two attached hydrogens (primary N) is 1. The molecule has 130 valence electrons. The molecular formula is C16H25Cl2N3O2. The van der Waals surface area contributed by atoms with Gasteiger partial charge in [0.2, 0.25) is 0 Å². The normalized spacial score (nSPS) is 12.3. The van der Waals surface area contributed by atoms with Gasteiger partial charge in [-0.15, -0.1) is 24.8 Å². The van der Waals surface area contributed by atoms with E-state index in [-0.39, 0.29) is 37.8 Å². The van der Waals surface area contributed by atoms with Crippen molar-refractivity contribution in [1.29, 1.82) is 0 Å². The molecule has 0 radical (unpaired) electrons. The number of hydrogen-bond donors (Lipinski definition) is 1. The highest BCUT2D eigenvalue weighted by molar-refractivity contribution is 5.86. The zero-order valence-corrected chi connectivity index (χ0v) is 15.0. The van der Waals surface area contributed by atoms with Crippen molar-refractivity contribution in [2.45, 2.75) is 12.5 Å². The summed E-state index contributed by atoms with van der Waals surface area (Å²) < 4.78 is 14.6. The summed E-state index contributed by atoms with van der Waals surface area (Å²) in [4.78, 5) is 13.9. The lowest BCUT2D eigenvalue weighted by Gasteiger charge is -2.13. The Bertz CT molecular complexity index is 649. The highest BCUT2D eigenvalue weighted by Gasteiger charge is 2.18. The first kappa shape index (κ1) is 19.8. The molecule has 0 spiro atoms. The first-order valence-electron chi connectivity index (χ1n) is 7.66. The fraction of sp³-hybridized carbons (Fsp3) is 0.438. The molecule has 23 heavy (non-hydrogen) atoms. The number of rotatable bonds is 6. The summed E-state index contributed by atoms with van der Waals surface area (Å²) in [7, 11) is 3.98. The molecule has 0 fully saturated rings. The number of nitrogens with zero attached hydrogens (tertiary/aromatic N) is 2. The van der Waals surface area contributed by atoms with Crippen LogP contribution in [0.4, 0.5) is 0 Å². The number of fused-ring (bicyclic) bond motifs is 1. The quantitative estimate of drug-likeness (QED) is 0.798. The van der Waals surface area contributed by atoms with Gasteiger partial charge in [0.25, 0.3) is 0 Å². The summed E-state index contributed by atoms with van der Waals surface area (Å²) in [5.41, 5.74) is 7.92. The minimum Gasteiger partial charge on any atom is -0.463 e. The average Bonchev–Trinajstić information content (AvgIpc) is 2.85. The maximum absolute atomic E-state index is 11.9. The molecule has 1 atom stereocenters. The standard InChI is InChI=1S/C16H23N3O2.2ClH/c1-18(2)8-9-21-16(20)14(17)10-12-11-19(3)15-7-5-4-6-13(12)15;;/h4-7,11,14H,8-10,17H2,1-3H3;2*1H/t14-;;/m0../s1/i3D;;. The number of ether oxygens (including phenoxy) is 1. The van der Waals surface area contributed by atoms with Gasteiger partial charge in [0, 0.05) is 38.5 Å². The monoisotopic (exact) mass is 362 g/mol. The summed E-state index contributed by atoms with van der Waals surface area (Å²) in [6.45, 7) is 1.02. The van der Waals surface area contributed by atoms with E-state index in [0.29, 0.717) is 19.6 Å². The van der Waals surface area contributed by atoms with Crippen LogP contribution in [-0.2, 0) is 23.0 Å². The number of likely N-dealkylation sites (N-methyl/N-ethyl adjacent to an activating group) is 1. The van der Waals surface area contributed by atoms with Crippen LogP contribution in [0.2, 0.25) is 0 Å². The molecule has 0 aliphatic heterocycles. The van der Waals surface area contributed by atoms with Gasteiger partial charge >= 0.3 is 5.97 Å². The molecule has 0 amide bonds. The van der Waals surface area contributed by atoms with E-state index >= 15 is 0 Å². The zero-order chi connectivity index (χ0) is 16.1. The number of aryl methyl sites for hydroxylation is 1.